The van der Waals surface area contributed by atoms with Crippen LogP contribution in [0, 0.1) is 12.8 Å². The Hall–Kier alpha value is -0.860. The van der Waals surface area contributed by atoms with Crippen LogP contribution in [0.1, 0.15) is 17.5 Å². The molecule has 1 aromatic rings. The predicted molar refractivity (Wildman–Crippen MR) is 64.7 cm³/mol. The molecule has 3 rings (SSSR count). The van der Waals surface area contributed by atoms with Gasteiger partial charge >= 0.3 is 0 Å². The van der Waals surface area contributed by atoms with E-state index in [0.717, 1.165) is 32.2 Å². The first kappa shape index (κ1) is 10.3. The third-order valence-electron chi connectivity index (χ3n) is 4.19. The molecule has 2 aliphatic rings. The minimum Gasteiger partial charge on any atom is -0.379 e. The van der Waals surface area contributed by atoms with Gasteiger partial charge in [-0.3, -0.25) is 0 Å². The zero-order valence-corrected chi connectivity index (χ0v) is 9.83. The summed E-state index contributed by atoms with van der Waals surface area (Å²) in [6.45, 7) is 6.27. The quantitative estimate of drug-likeness (QED) is 0.816. The molecule has 2 saturated heterocycles. The molecular weight excluding hydrogens is 198 g/mol. The van der Waals surface area contributed by atoms with Gasteiger partial charge < -0.3 is 10.1 Å². The van der Waals surface area contributed by atoms with E-state index in [9.17, 15) is 0 Å². The SMILES string of the molecule is Cc1ccc(C2(C3CCNC3)COC2)cc1. The average molecular weight is 217 g/mol. The number of aryl methyl sites for hydroxylation is 1. The van der Waals surface area contributed by atoms with Gasteiger partial charge in [0.2, 0.25) is 0 Å². The zero-order valence-electron chi connectivity index (χ0n) is 9.83. The van der Waals surface area contributed by atoms with Crippen molar-refractivity contribution in [3.05, 3.63) is 35.4 Å². The molecule has 0 amide bonds. The van der Waals surface area contributed by atoms with Crippen molar-refractivity contribution in [2.24, 2.45) is 5.92 Å². The molecule has 16 heavy (non-hydrogen) atoms. The van der Waals surface area contributed by atoms with E-state index in [-0.39, 0.29) is 0 Å². The molecule has 2 aliphatic heterocycles. The second-order valence-corrected chi connectivity index (χ2v) is 5.20. The molecule has 1 N–H and O–H groups in total. The predicted octanol–water partition coefficient (Wildman–Crippen LogP) is 1.87. The van der Waals surface area contributed by atoms with Crippen molar-refractivity contribution in [1.29, 1.82) is 0 Å². The molecular formula is C14H19NO. The lowest BCUT2D eigenvalue weighted by molar-refractivity contribution is -0.0869. The summed E-state index contributed by atoms with van der Waals surface area (Å²) in [5, 5.41) is 3.47. The van der Waals surface area contributed by atoms with Crippen LogP contribution in [-0.2, 0) is 10.2 Å². The van der Waals surface area contributed by atoms with E-state index in [1.807, 2.05) is 0 Å². The molecule has 2 heterocycles. The first-order valence-electron chi connectivity index (χ1n) is 6.17. The van der Waals surface area contributed by atoms with Gasteiger partial charge in [0.1, 0.15) is 0 Å². The first-order valence-corrected chi connectivity index (χ1v) is 6.17. The third kappa shape index (κ3) is 1.48. The number of nitrogens with one attached hydrogen (secondary N) is 1. The van der Waals surface area contributed by atoms with E-state index < -0.39 is 0 Å². The molecule has 2 nitrogen and oxygen atoms in total. The largest absolute Gasteiger partial charge is 0.379 e. The lowest BCUT2D eigenvalue weighted by Gasteiger charge is -2.46. The van der Waals surface area contributed by atoms with E-state index in [1.54, 1.807) is 0 Å². The fourth-order valence-electron chi connectivity index (χ4n) is 2.97. The van der Waals surface area contributed by atoms with Crippen molar-refractivity contribution in [3.8, 4) is 0 Å². The number of hydrogen-bond acceptors (Lipinski definition) is 2. The van der Waals surface area contributed by atoms with Crippen molar-refractivity contribution in [2.75, 3.05) is 26.3 Å². The molecule has 2 fully saturated rings. The first-order chi connectivity index (χ1) is 7.81. The Bertz CT molecular complexity index is 361. The maximum atomic E-state index is 5.51. The highest BCUT2D eigenvalue weighted by atomic mass is 16.5. The molecule has 1 unspecified atom stereocenters. The van der Waals surface area contributed by atoms with Crippen LogP contribution < -0.4 is 5.32 Å². The van der Waals surface area contributed by atoms with Gasteiger partial charge in [0, 0.05) is 5.41 Å². The summed E-state index contributed by atoms with van der Waals surface area (Å²) in [7, 11) is 0. The summed E-state index contributed by atoms with van der Waals surface area (Å²) in [4.78, 5) is 0. The summed E-state index contributed by atoms with van der Waals surface area (Å²) in [5.41, 5.74) is 3.11. The van der Waals surface area contributed by atoms with E-state index in [4.69, 9.17) is 4.74 Å². The highest BCUT2D eigenvalue weighted by molar-refractivity contribution is 5.32. The van der Waals surface area contributed by atoms with Crippen LogP contribution in [0.2, 0.25) is 0 Å². The van der Waals surface area contributed by atoms with Crippen LogP contribution in [0.5, 0.6) is 0 Å². The molecule has 0 spiro atoms. The van der Waals surface area contributed by atoms with Crippen LogP contribution >= 0.6 is 0 Å². The standard InChI is InChI=1S/C14H19NO/c1-11-2-4-12(5-3-11)14(9-16-10-14)13-6-7-15-8-13/h2-5,13,15H,6-10H2,1H3. The van der Waals surface area contributed by atoms with Crippen molar-refractivity contribution in [1.82, 2.24) is 5.32 Å². The number of rotatable bonds is 2. The van der Waals surface area contributed by atoms with Crippen LogP contribution in [0.15, 0.2) is 24.3 Å². The molecule has 2 heteroatoms. The highest BCUT2D eigenvalue weighted by Gasteiger charge is 2.47. The molecule has 1 atom stereocenters. The zero-order chi connectivity index (χ0) is 11.0. The van der Waals surface area contributed by atoms with E-state index >= 15 is 0 Å². The normalized spacial score (nSPS) is 27.7. The van der Waals surface area contributed by atoms with Gasteiger partial charge in [-0.1, -0.05) is 29.8 Å². The second-order valence-electron chi connectivity index (χ2n) is 5.20. The molecule has 0 aromatic heterocycles. The Kier molecular flexibility index (Phi) is 2.49. The molecule has 0 saturated carbocycles. The fourth-order valence-corrected chi connectivity index (χ4v) is 2.97. The Morgan fingerprint density at radius 1 is 1.25 bits per heavy atom. The smallest absolute Gasteiger partial charge is 0.0588 e. The van der Waals surface area contributed by atoms with E-state index in [2.05, 4.69) is 36.5 Å². The van der Waals surface area contributed by atoms with Gasteiger partial charge in [-0.2, -0.15) is 0 Å². The van der Waals surface area contributed by atoms with Crippen molar-refractivity contribution < 1.29 is 4.74 Å². The summed E-state index contributed by atoms with van der Waals surface area (Å²) in [6, 6.07) is 9.02. The maximum absolute atomic E-state index is 5.51. The summed E-state index contributed by atoms with van der Waals surface area (Å²) in [5.74, 6) is 0.754. The lowest BCUT2D eigenvalue weighted by atomic mass is 9.68. The molecule has 0 radical (unpaired) electrons. The van der Waals surface area contributed by atoms with E-state index in [1.165, 1.54) is 17.5 Å². The van der Waals surface area contributed by atoms with Crippen LogP contribution in [0.4, 0.5) is 0 Å². The van der Waals surface area contributed by atoms with Crippen molar-refractivity contribution in [2.45, 2.75) is 18.8 Å². The minimum absolute atomic E-state index is 0.303. The van der Waals surface area contributed by atoms with Gasteiger partial charge in [0.25, 0.3) is 0 Å². The van der Waals surface area contributed by atoms with Crippen LogP contribution in [0.3, 0.4) is 0 Å². The Labute approximate surface area is 97.0 Å². The fraction of sp³-hybridized carbons (Fsp3) is 0.571. The molecule has 0 bridgehead atoms. The molecule has 1 aromatic carbocycles. The third-order valence-corrected chi connectivity index (χ3v) is 4.19. The molecule has 86 valence electrons. The van der Waals surface area contributed by atoms with Crippen LogP contribution in [0.25, 0.3) is 0 Å². The minimum atomic E-state index is 0.303. The average Bonchev–Trinajstić information content (AvgIpc) is 2.73. The van der Waals surface area contributed by atoms with Gasteiger partial charge in [-0.25, -0.2) is 0 Å². The van der Waals surface area contributed by atoms with Gasteiger partial charge in [-0.15, -0.1) is 0 Å². The van der Waals surface area contributed by atoms with Crippen LogP contribution in [-0.4, -0.2) is 26.3 Å². The van der Waals surface area contributed by atoms with Crippen molar-refractivity contribution in [3.63, 3.8) is 0 Å². The lowest BCUT2D eigenvalue weighted by Crippen LogP contribution is -2.53. The Morgan fingerprint density at radius 3 is 2.50 bits per heavy atom. The van der Waals surface area contributed by atoms with Gasteiger partial charge in [0.15, 0.2) is 0 Å². The molecule has 0 aliphatic carbocycles. The topological polar surface area (TPSA) is 21.3 Å². The number of ether oxygens (including phenoxy) is 1. The summed E-state index contributed by atoms with van der Waals surface area (Å²) in [6.07, 6.45) is 1.29. The van der Waals surface area contributed by atoms with Gasteiger partial charge in [-0.05, 0) is 37.9 Å². The summed E-state index contributed by atoms with van der Waals surface area (Å²) < 4.78 is 5.51. The maximum Gasteiger partial charge on any atom is 0.0588 e. The number of hydrogen-bond donors (Lipinski definition) is 1. The Balaban J connectivity index is 1.91. The Morgan fingerprint density at radius 2 is 2.00 bits per heavy atom. The second kappa shape index (κ2) is 3.86. The number of benzene rings is 1. The summed E-state index contributed by atoms with van der Waals surface area (Å²) >= 11 is 0. The van der Waals surface area contributed by atoms with Gasteiger partial charge in [0.05, 0.1) is 13.2 Å². The monoisotopic (exact) mass is 217 g/mol. The highest BCUT2D eigenvalue weighted by Crippen LogP contribution is 2.42. The van der Waals surface area contributed by atoms with Crippen molar-refractivity contribution >= 4 is 0 Å². The van der Waals surface area contributed by atoms with E-state index in [0.29, 0.717) is 5.41 Å².